The smallest absolute Gasteiger partial charge is 0.330 e. The molecule has 116 valence electrons. The van der Waals surface area contributed by atoms with Gasteiger partial charge in [-0.2, -0.15) is 5.26 Å². The fourth-order valence-electron chi connectivity index (χ4n) is 1.70. The number of benzene rings is 1. The Hall–Kier alpha value is -2.81. The van der Waals surface area contributed by atoms with Crippen LogP contribution in [0.15, 0.2) is 24.3 Å². The van der Waals surface area contributed by atoms with Crippen molar-refractivity contribution in [3.05, 3.63) is 35.4 Å². The summed E-state index contributed by atoms with van der Waals surface area (Å²) in [5.41, 5.74) is 0.409. The average molecular weight is 303 g/mol. The van der Waals surface area contributed by atoms with Crippen molar-refractivity contribution >= 4 is 11.8 Å². The molecular formula is C16H17NO5. The fraction of sp³-hybridized carbons (Fsp3) is 0.312. The molecule has 6 heteroatoms. The van der Waals surface area contributed by atoms with E-state index in [2.05, 4.69) is 0 Å². The van der Waals surface area contributed by atoms with Crippen LogP contribution in [0.2, 0.25) is 0 Å². The standard InChI is InChI=1S/C16H17NO5/c1-4-21-15(19)7-6-13(18)11-8-12(10-17)16(22-5-2)14(9-11)20-3/h6-9H,4-5H2,1-3H3/b7-6+. The van der Waals surface area contributed by atoms with Crippen molar-refractivity contribution < 1.29 is 23.8 Å². The van der Waals surface area contributed by atoms with Gasteiger partial charge in [-0.25, -0.2) is 4.79 Å². The zero-order chi connectivity index (χ0) is 16.5. The van der Waals surface area contributed by atoms with Gasteiger partial charge in [-0.1, -0.05) is 0 Å². The lowest BCUT2D eigenvalue weighted by Gasteiger charge is -2.12. The zero-order valence-corrected chi connectivity index (χ0v) is 12.7. The molecule has 22 heavy (non-hydrogen) atoms. The van der Waals surface area contributed by atoms with Crippen LogP contribution in [0, 0.1) is 11.3 Å². The first kappa shape index (κ1) is 17.2. The first-order valence-corrected chi connectivity index (χ1v) is 6.71. The normalized spacial score (nSPS) is 10.1. The maximum atomic E-state index is 12.1. The van der Waals surface area contributed by atoms with Crippen LogP contribution in [0.1, 0.15) is 29.8 Å². The van der Waals surface area contributed by atoms with E-state index in [1.54, 1.807) is 13.8 Å². The highest BCUT2D eigenvalue weighted by molar-refractivity contribution is 6.07. The maximum Gasteiger partial charge on any atom is 0.330 e. The lowest BCUT2D eigenvalue weighted by Crippen LogP contribution is -2.04. The van der Waals surface area contributed by atoms with Gasteiger partial charge in [0, 0.05) is 11.6 Å². The van der Waals surface area contributed by atoms with Crippen LogP contribution in [0.5, 0.6) is 11.5 Å². The minimum absolute atomic E-state index is 0.189. The quantitative estimate of drug-likeness (QED) is 0.436. The largest absolute Gasteiger partial charge is 0.493 e. The van der Waals surface area contributed by atoms with Gasteiger partial charge in [-0.3, -0.25) is 4.79 Å². The SMILES string of the molecule is CCOC(=O)/C=C/C(=O)c1cc(C#N)c(OCC)c(OC)c1. The van der Waals surface area contributed by atoms with E-state index in [0.29, 0.717) is 12.4 Å². The lowest BCUT2D eigenvalue weighted by atomic mass is 10.1. The number of ether oxygens (including phenoxy) is 3. The Morgan fingerprint density at radius 2 is 1.95 bits per heavy atom. The fourth-order valence-corrected chi connectivity index (χ4v) is 1.70. The van der Waals surface area contributed by atoms with E-state index in [9.17, 15) is 14.9 Å². The zero-order valence-electron chi connectivity index (χ0n) is 12.7. The third-order valence-corrected chi connectivity index (χ3v) is 2.63. The van der Waals surface area contributed by atoms with Gasteiger partial charge in [0.05, 0.1) is 25.9 Å². The van der Waals surface area contributed by atoms with Crippen molar-refractivity contribution in [2.75, 3.05) is 20.3 Å². The molecular weight excluding hydrogens is 286 g/mol. The molecule has 0 spiro atoms. The molecule has 0 bridgehead atoms. The molecule has 1 aromatic carbocycles. The van der Waals surface area contributed by atoms with Crippen LogP contribution >= 0.6 is 0 Å². The Labute approximate surface area is 128 Å². The van der Waals surface area contributed by atoms with Gasteiger partial charge in [-0.15, -0.1) is 0 Å². The molecule has 0 aromatic heterocycles. The second kappa shape index (κ2) is 8.47. The molecule has 1 rings (SSSR count). The van der Waals surface area contributed by atoms with Crippen molar-refractivity contribution in [3.63, 3.8) is 0 Å². The van der Waals surface area contributed by atoms with Crippen LogP contribution in [-0.4, -0.2) is 32.1 Å². The van der Waals surface area contributed by atoms with Crippen LogP contribution < -0.4 is 9.47 Å². The van der Waals surface area contributed by atoms with Gasteiger partial charge < -0.3 is 14.2 Å². The number of rotatable bonds is 7. The number of allylic oxidation sites excluding steroid dienone is 1. The molecule has 0 saturated heterocycles. The minimum Gasteiger partial charge on any atom is -0.493 e. The third-order valence-electron chi connectivity index (χ3n) is 2.63. The molecule has 0 fully saturated rings. The number of hydrogen-bond donors (Lipinski definition) is 0. The Morgan fingerprint density at radius 3 is 2.50 bits per heavy atom. The average Bonchev–Trinajstić information content (AvgIpc) is 2.53. The number of carbonyl (C=O) groups is 2. The maximum absolute atomic E-state index is 12.1. The summed E-state index contributed by atoms with van der Waals surface area (Å²) in [6, 6.07) is 4.82. The Kier molecular flexibility index (Phi) is 6.64. The predicted molar refractivity (Wildman–Crippen MR) is 79.0 cm³/mol. The summed E-state index contributed by atoms with van der Waals surface area (Å²) in [6.45, 7) is 4.04. The second-order valence-corrected chi connectivity index (χ2v) is 4.05. The molecule has 6 nitrogen and oxygen atoms in total. The third kappa shape index (κ3) is 4.35. The molecule has 0 aliphatic rings. The summed E-state index contributed by atoms with van der Waals surface area (Å²) < 4.78 is 15.2. The molecule has 0 radical (unpaired) electrons. The van der Waals surface area contributed by atoms with E-state index >= 15 is 0 Å². The van der Waals surface area contributed by atoms with Gasteiger partial charge in [0.15, 0.2) is 17.3 Å². The van der Waals surface area contributed by atoms with Crippen molar-refractivity contribution in [1.82, 2.24) is 0 Å². The van der Waals surface area contributed by atoms with E-state index in [4.69, 9.17) is 14.2 Å². The highest BCUT2D eigenvalue weighted by atomic mass is 16.5. The summed E-state index contributed by atoms with van der Waals surface area (Å²) in [5.74, 6) is -0.465. The van der Waals surface area contributed by atoms with Gasteiger partial charge >= 0.3 is 5.97 Å². The minimum atomic E-state index is -0.603. The molecule has 0 amide bonds. The van der Waals surface area contributed by atoms with Crippen molar-refractivity contribution in [3.8, 4) is 17.6 Å². The Morgan fingerprint density at radius 1 is 1.23 bits per heavy atom. The van der Waals surface area contributed by atoms with E-state index < -0.39 is 11.8 Å². The van der Waals surface area contributed by atoms with Crippen molar-refractivity contribution in [1.29, 1.82) is 5.26 Å². The number of nitrogens with zero attached hydrogens (tertiary/aromatic N) is 1. The van der Waals surface area contributed by atoms with Gasteiger partial charge in [0.1, 0.15) is 6.07 Å². The summed E-state index contributed by atoms with van der Waals surface area (Å²) >= 11 is 0. The lowest BCUT2D eigenvalue weighted by molar-refractivity contribution is -0.137. The summed E-state index contributed by atoms with van der Waals surface area (Å²) in [7, 11) is 1.42. The highest BCUT2D eigenvalue weighted by Crippen LogP contribution is 2.32. The Balaban J connectivity index is 3.13. The van der Waals surface area contributed by atoms with Crippen LogP contribution in [-0.2, 0) is 9.53 Å². The van der Waals surface area contributed by atoms with E-state index in [-0.39, 0.29) is 23.5 Å². The summed E-state index contributed by atoms with van der Waals surface area (Å²) in [6.07, 6.45) is 2.13. The van der Waals surface area contributed by atoms with E-state index in [1.807, 2.05) is 6.07 Å². The highest BCUT2D eigenvalue weighted by Gasteiger charge is 2.15. The van der Waals surface area contributed by atoms with Crippen molar-refractivity contribution in [2.24, 2.45) is 0 Å². The molecule has 0 aliphatic carbocycles. The molecule has 0 atom stereocenters. The number of esters is 1. The molecule has 0 N–H and O–H groups in total. The number of methoxy groups -OCH3 is 1. The number of carbonyl (C=O) groups excluding carboxylic acids is 2. The predicted octanol–water partition coefficient (Wildman–Crippen LogP) is 2.27. The van der Waals surface area contributed by atoms with Crippen LogP contribution in [0.4, 0.5) is 0 Å². The first-order chi connectivity index (χ1) is 10.6. The van der Waals surface area contributed by atoms with E-state index in [0.717, 1.165) is 12.2 Å². The molecule has 0 heterocycles. The van der Waals surface area contributed by atoms with Crippen molar-refractivity contribution in [2.45, 2.75) is 13.8 Å². The monoisotopic (exact) mass is 303 g/mol. The van der Waals surface area contributed by atoms with Gasteiger partial charge in [0.25, 0.3) is 0 Å². The number of nitriles is 1. The molecule has 0 saturated carbocycles. The second-order valence-electron chi connectivity index (χ2n) is 4.05. The summed E-state index contributed by atoms with van der Waals surface area (Å²) in [4.78, 5) is 23.3. The van der Waals surface area contributed by atoms with Gasteiger partial charge in [0.2, 0.25) is 0 Å². The molecule has 0 aliphatic heterocycles. The van der Waals surface area contributed by atoms with Crippen LogP contribution in [0.3, 0.4) is 0 Å². The Bertz CT molecular complexity index is 628. The number of hydrogen-bond acceptors (Lipinski definition) is 6. The molecule has 0 unspecified atom stereocenters. The first-order valence-electron chi connectivity index (χ1n) is 6.71. The molecule has 1 aromatic rings. The summed E-state index contributed by atoms with van der Waals surface area (Å²) in [5, 5.41) is 9.17. The van der Waals surface area contributed by atoms with Gasteiger partial charge in [-0.05, 0) is 32.1 Å². The van der Waals surface area contributed by atoms with E-state index in [1.165, 1.54) is 19.2 Å². The van der Waals surface area contributed by atoms with Crippen LogP contribution in [0.25, 0.3) is 0 Å². The number of ketones is 1. The topological polar surface area (TPSA) is 85.6 Å².